The van der Waals surface area contributed by atoms with Crippen molar-refractivity contribution < 1.29 is 28.4 Å². The Kier molecular flexibility index (Phi) is 11.6. The van der Waals surface area contributed by atoms with E-state index in [0.29, 0.717) is 30.1 Å². The number of nitrogen functional groups attached to an aromatic ring is 1. The topological polar surface area (TPSA) is 185 Å². The van der Waals surface area contributed by atoms with Crippen molar-refractivity contribution >= 4 is 42.3 Å². The Bertz CT molecular complexity index is 1120. The molecule has 0 aliphatic rings. The largest absolute Gasteiger partial charge is 0.462 e. The van der Waals surface area contributed by atoms with Gasteiger partial charge in [-0.25, -0.2) is 15.2 Å². The van der Waals surface area contributed by atoms with Gasteiger partial charge in [-0.15, -0.1) is 6.58 Å². The molecule has 2 aromatic rings. The van der Waals surface area contributed by atoms with Gasteiger partial charge < -0.3 is 29.8 Å². The predicted octanol–water partition coefficient (Wildman–Crippen LogP) is 2.03. The van der Waals surface area contributed by atoms with Crippen molar-refractivity contribution in [2.45, 2.75) is 72.4 Å². The van der Waals surface area contributed by atoms with Gasteiger partial charge >= 0.3 is 11.9 Å². The summed E-state index contributed by atoms with van der Waals surface area (Å²) < 4.78 is 31.6. The highest BCUT2D eigenvalue weighted by atomic mass is 31.2. The maximum absolute atomic E-state index is 13.7. The third-order valence-electron chi connectivity index (χ3n) is 4.86. The van der Waals surface area contributed by atoms with Gasteiger partial charge in [-0.2, -0.15) is 9.97 Å². The second-order valence-electron chi connectivity index (χ2n) is 9.16. The predicted molar refractivity (Wildman–Crippen MR) is 144 cm³/mol. The lowest BCUT2D eigenvalue weighted by Gasteiger charge is -2.27. The fraction of sp³-hybridized carbons (Fsp3) is 0.609. The zero-order valence-corrected chi connectivity index (χ0v) is 23.7. The normalized spacial score (nSPS) is 13.5. The van der Waals surface area contributed by atoms with E-state index in [1.54, 1.807) is 44.7 Å². The fourth-order valence-corrected chi connectivity index (χ4v) is 5.36. The average molecular weight is 555 g/mol. The summed E-state index contributed by atoms with van der Waals surface area (Å²) in [6.07, 6.45) is 2.26. The zero-order valence-electron chi connectivity index (χ0n) is 22.8. The Hall–Kier alpha value is -3.06. The Morgan fingerprint density at radius 2 is 1.66 bits per heavy atom. The summed E-state index contributed by atoms with van der Waals surface area (Å²) in [5.74, 6) is -0.603. The molecule has 2 heterocycles. The highest BCUT2D eigenvalue weighted by molar-refractivity contribution is 7.59. The number of carbonyl (C=O) groups excluding carboxylic acids is 2. The molecule has 0 bridgehead atoms. The maximum atomic E-state index is 13.7. The SMILES string of the molecule is C=CCNc1nc(N)nc2c1ncn2CCOCP(=O)(N[C@@H](C)C(=O)OC(C)C)N[C@@H](C)C(=O)OC(C)C. The number of hydrogen-bond acceptors (Lipinski definition) is 11. The summed E-state index contributed by atoms with van der Waals surface area (Å²) in [4.78, 5) is 37.4. The molecule has 2 aromatic heterocycles. The first-order valence-electron chi connectivity index (χ1n) is 12.3. The lowest BCUT2D eigenvalue weighted by atomic mass is 10.4. The van der Waals surface area contributed by atoms with Crippen LogP contribution < -0.4 is 21.2 Å². The first kappa shape index (κ1) is 31.2. The zero-order chi connectivity index (χ0) is 28.5. The quantitative estimate of drug-likeness (QED) is 0.102. The average Bonchev–Trinajstić information content (AvgIpc) is 3.21. The van der Waals surface area contributed by atoms with Crippen LogP contribution in [0, 0.1) is 0 Å². The molecule has 0 saturated carbocycles. The van der Waals surface area contributed by atoms with E-state index in [-0.39, 0.29) is 31.1 Å². The van der Waals surface area contributed by atoms with Crippen LogP contribution in [0.25, 0.3) is 11.2 Å². The van der Waals surface area contributed by atoms with Crippen molar-refractivity contribution in [3.05, 3.63) is 19.0 Å². The van der Waals surface area contributed by atoms with Crippen molar-refractivity contribution in [2.75, 3.05) is 30.6 Å². The van der Waals surface area contributed by atoms with Crippen LogP contribution in [0.1, 0.15) is 41.5 Å². The van der Waals surface area contributed by atoms with Crippen LogP contribution in [-0.2, 0) is 34.9 Å². The van der Waals surface area contributed by atoms with E-state index >= 15 is 0 Å². The number of nitrogens with two attached hydrogens (primary N) is 1. The smallest absolute Gasteiger partial charge is 0.323 e. The molecule has 0 aromatic carbocycles. The molecule has 0 unspecified atom stereocenters. The van der Waals surface area contributed by atoms with E-state index in [1.165, 1.54) is 13.8 Å². The standard InChI is InChI=1S/C23H39N8O6P/c1-8-9-25-19-18-20(28-23(24)27-19)31(12-26-18)10-11-35-13-38(34,29-16(6)21(32)36-14(2)3)30-17(7)22(33)37-15(4)5/h8,12,14-17H,1,9-11,13H2,2-7H3,(H2,29,30,34)(H3,24,25,27,28)/t16-,17-/m0/s1. The first-order chi connectivity index (χ1) is 17.8. The summed E-state index contributed by atoms with van der Waals surface area (Å²) in [5.41, 5.74) is 6.88. The second kappa shape index (κ2) is 14.2. The van der Waals surface area contributed by atoms with E-state index in [4.69, 9.17) is 19.9 Å². The molecule has 0 amide bonds. The number of ether oxygens (including phenoxy) is 3. The summed E-state index contributed by atoms with van der Waals surface area (Å²) in [6, 6.07) is -1.85. The lowest BCUT2D eigenvalue weighted by molar-refractivity contribution is -0.149. The third-order valence-corrected chi connectivity index (χ3v) is 7.01. The van der Waals surface area contributed by atoms with Crippen molar-refractivity contribution in [1.29, 1.82) is 0 Å². The molecule has 14 nitrogen and oxygen atoms in total. The van der Waals surface area contributed by atoms with Gasteiger partial charge in [0.2, 0.25) is 13.4 Å². The number of anilines is 2. The fourth-order valence-electron chi connectivity index (χ4n) is 3.28. The van der Waals surface area contributed by atoms with Crippen LogP contribution in [-0.4, -0.2) is 75.2 Å². The molecule has 0 radical (unpaired) electrons. The Morgan fingerprint density at radius 1 is 1.08 bits per heavy atom. The van der Waals surface area contributed by atoms with E-state index in [0.717, 1.165) is 0 Å². The number of aromatic nitrogens is 4. The highest BCUT2D eigenvalue weighted by Crippen LogP contribution is 2.37. The molecule has 15 heteroatoms. The molecular weight excluding hydrogens is 515 g/mol. The molecule has 38 heavy (non-hydrogen) atoms. The number of carbonyl (C=O) groups is 2. The van der Waals surface area contributed by atoms with Crippen LogP contribution in [0.4, 0.5) is 11.8 Å². The molecule has 212 valence electrons. The van der Waals surface area contributed by atoms with Gasteiger partial charge in [0, 0.05) is 13.1 Å². The Balaban J connectivity index is 2.11. The van der Waals surface area contributed by atoms with Gasteiger partial charge in [0.1, 0.15) is 18.4 Å². The van der Waals surface area contributed by atoms with E-state index < -0.39 is 31.5 Å². The molecule has 2 atom stereocenters. The summed E-state index contributed by atoms with van der Waals surface area (Å²) in [5, 5.41) is 8.59. The molecule has 2 rings (SSSR count). The van der Waals surface area contributed by atoms with Crippen LogP contribution in [0.2, 0.25) is 0 Å². The Morgan fingerprint density at radius 3 is 2.18 bits per heavy atom. The Labute approximate surface area is 222 Å². The monoisotopic (exact) mass is 554 g/mol. The van der Waals surface area contributed by atoms with Gasteiger partial charge in [0.15, 0.2) is 17.0 Å². The van der Waals surface area contributed by atoms with Crippen molar-refractivity contribution in [3.8, 4) is 0 Å². The molecule has 0 aliphatic heterocycles. The number of nitrogens with zero attached hydrogens (tertiary/aromatic N) is 4. The molecule has 0 fully saturated rings. The molecule has 0 saturated heterocycles. The number of nitrogens with one attached hydrogen (secondary N) is 3. The van der Waals surface area contributed by atoms with Gasteiger partial charge in [0.25, 0.3) is 0 Å². The summed E-state index contributed by atoms with van der Waals surface area (Å²) in [7, 11) is -3.62. The van der Waals surface area contributed by atoms with Crippen LogP contribution in [0.15, 0.2) is 19.0 Å². The molecule has 0 aliphatic carbocycles. The summed E-state index contributed by atoms with van der Waals surface area (Å²) in [6.45, 7) is 14.5. The van der Waals surface area contributed by atoms with Gasteiger partial charge in [0.05, 0.1) is 25.1 Å². The number of fused-ring (bicyclic) bond motifs is 1. The lowest BCUT2D eigenvalue weighted by Crippen LogP contribution is -2.43. The van der Waals surface area contributed by atoms with Crippen molar-refractivity contribution in [2.24, 2.45) is 0 Å². The highest BCUT2D eigenvalue weighted by Gasteiger charge is 2.32. The minimum absolute atomic E-state index is 0.0779. The molecular formula is C23H39N8O6P. The van der Waals surface area contributed by atoms with Crippen LogP contribution >= 0.6 is 7.44 Å². The maximum Gasteiger partial charge on any atom is 0.323 e. The minimum atomic E-state index is -3.62. The van der Waals surface area contributed by atoms with Gasteiger partial charge in [-0.3, -0.25) is 14.2 Å². The number of hydrogen-bond donors (Lipinski definition) is 4. The van der Waals surface area contributed by atoms with E-state index in [1.807, 2.05) is 0 Å². The first-order valence-corrected chi connectivity index (χ1v) is 14.2. The van der Waals surface area contributed by atoms with Crippen molar-refractivity contribution in [1.82, 2.24) is 29.7 Å². The number of esters is 2. The van der Waals surface area contributed by atoms with E-state index in [2.05, 4.69) is 37.0 Å². The summed E-state index contributed by atoms with van der Waals surface area (Å²) >= 11 is 0. The third kappa shape index (κ3) is 9.35. The van der Waals surface area contributed by atoms with Gasteiger partial charge in [-0.05, 0) is 41.5 Å². The number of rotatable bonds is 16. The van der Waals surface area contributed by atoms with Gasteiger partial charge in [-0.1, -0.05) is 6.08 Å². The van der Waals surface area contributed by atoms with Crippen LogP contribution in [0.3, 0.4) is 0 Å². The number of imidazole rings is 1. The second-order valence-corrected chi connectivity index (χ2v) is 11.4. The molecule has 5 N–H and O–H groups in total. The van der Waals surface area contributed by atoms with Crippen molar-refractivity contribution in [3.63, 3.8) is 0 Å². The van der Waals surface area contributed by atoms with Crippen LogP contribution in [0.5, 0.6) is 0 Å². The van der Waals surface area contributed by atoms with E-state index in [9.17, 15) is 14.2 Å². The minimum Gasteiger partial charge on any atom is -0.462 e. The molecule has 0 spiro atoms.